The molecule has 0 aliphatic carbocycles. The van der Waals surface area contributed by atoms with Crippen LogP contribution < -0.4 is 5.32 Å². The highest BCUT2D eigenvalue weighted by molar-refractivity contribution is 7.98. The molecule has 0 spiro atoms. The first-order valence-corrected chi connectivity index (χ1v) is 9.70. The number of nitrogens with one attached hydrogen (secondary N) is 1. The fourth-order valence-electron chi connectivity index (χ4n) is 2.19. The van der Waals surface area contributed by atoms with Crippen LogP contribution in [0.2, 0.25) is 0 Å². The molecule has 6 heteroatoms. The number of aryl methyl sites for hydroxylation is 2. The molecule has 0 bridgehead atoms. The van der Waals surface area contributed by atoms with E-state index >= 15 is 0 Å². The van der Waals surface area contributed by atoms with Gasteiger partial charge in [-0.05, 0) is 37.4 Å². The normalized spacial score (nSPS) is 10.4. The van der Waals surface area contributed by atoms with Gasteiger partial charge in [-0.1, -0.05) is 23.3 Å². The second-order valence-corrected chi connectivity index (χ2v) is 7.57. The van der Waals surface area contributed by atoms with Crippen LogP contribution in [0.3, 0.4) is 0 Å². The Morgan fingerprint density at radius 2 is 1.96 bits per heavy atom. The Morgan fingerprint density at radius 3 is 2.62 bits per heavy atom. The summed E-state index contributed by atoms with van der Waals surface area (Å²) in [6, 6.07) is 9.63. The van der Waals surface area contributed by atoms with Gasteiger partial charge in [0.1, 0.15) is 0 Å². The van der Waals surface area contributed by atoms with Crippen molar-refractivity contribution < 1.29 is 14.3 Å². The summed E-state index contributed by atoms with van der Waals surface area (Å²) in [5, 5.41) is 4.82. The van der Waals surface area contributed by atoms with Gasteiger partial charge in [0.25, 0.3) is 5.91 Å². The maximum Gasteiger partial charge on any atom is 0.338 e. The smallest absolute Gasteiger partial charge is 0.338 e. The lowest BCUT2D eigenvalue weighted by Gasteiger charge is -2.07. The van der Waals surface area contributed by atoms with Crippen molar-refractivity contribution in [1.82, 2.24) is 5.32 Å². The number of hydrogen-bond donors (Lipinski definition) is 1. The summed E-state index contributed by atoms with van der Waals surface area (Å²) in [6.07, 6.45) is 0. The summed E-state index contributed by atoms with van der Waals surface area (Å²) < 4.78 is 5.06. The van der Waals surface area contributed by atoms with Gasteiger partial charge in [0.05, 0.1) is 5.56 Å². The summed E-state index contributed by atoms with van der Waals surface area (Å²) in [6.45, 7) is 4.16. The molecule has 128 valence electrons. The molecule has 0 unspecified atom stereocenters. The summed E-state index contributed by atoms with van der Waals surface area (Å²) in [7, 11) is 0. The lowest BCUT2D eigenvalue weighted by atomic mass is 10.1. The molecule has 1 N–H and O–H groups in total. The molecule has 0 fully saturated rings. The minimum atomic E-state index is -0.468. The molecule has 2 rings (SSSR count). The monoisotopic (exact) mass is 363 g/mol. The van der Waals surface area contributed by atoms with Crippen molar-refractivity contribution in [3.8, 4) is 0 Å². The molecule has 0 radical (unpaired) electrons. The zero-order valence-electron chi connectivity index (χ0n) is 13.8. The van der Waals surface area contributed by atoms with Gasteiger partial charge in [0, 0.05) is 22.9 Å². The molecule has 0 aliphatic rings. The molecule has 0 saturated heterocycles. The molecule has 0 atom stereocenters. The molecule has 1 heterocycles. The van der Waals surface area contributed by atoms with Crippen LogP contribution in [-0.2, 0) is 15.3 Å². The van der Waals surface area contributed by atoms with Crippen LogP contribution in [0, 0.1) is 13.8 Å². The van der Waals surface area contributed by atoms with Crippen LogP contribution in [0.4, 0.5) is 0 Å². The quantitative estimate of drug-likeness (QED) is 0.575. The van der Waals surface area contributed by atoms with E-state index in [9.17, 15) is 9.59 Å². The zero-order chi connectivity index (χ0) is 17.4. The van der Waals surface area contributed by atoms with Gasteiger partial charge in [-0.15, -0.1) is 11.3 Å². The number of thioether (sulfide) groups is 1. The summed E-state index contributed by atoms with van der Waals surface area (Å²) >= 11 is 3.50. The first-order chi connectivity index (χ1) is 11.5. The minimum Gasteiger partial charge on any atom is -0.452 e. The van der Waals surface area contributed by atoms with Crippen molar-refractivity contribution in [2.24, 2.45) is 0 Å². The number of carbonyl (C=O) groups is 2. The van der Waals surface area contributed by atoms with Crippen LogP contribution in [0.1, 0.15) is 26.4 Å². The number of benzene rings is 1. The number of carbonyl (C=O) groups excluding carboxylic acids is 2. The van der Waals surface area contributed by atoms with Gasteiger partial charge in [-0.2, -0.15) is 11.8 Å². The zero-order valence-corrected chi connectivity index (χ0v) is 15.5. The van der Waals surface area contributed by atoms with Crippen molar-refractivity contribution in [2.45, 2.75) is 19.6 Å². The summed E-state index contributed by atoms with van der Waals surface area (Å²) in [5.74, 6) is 1.04. The number of ether oxygens (including phenoxy) is 1. The average molecular weight is 364 g/mol. The van der Waals surface area contributed by atoms with E-state index in [1.54, 1.807) is 35.2 Å². The number of rotatable bonds is 8. The minimum absolute atomic E-state index is 0.249. The van der Waals surface area contributed by atoms with E-state index < -0.39 is 5.97 Å². The molecule has 0 saturated carbocycles. The first kappa shape index (κ1) is 18.5. The molecular weight excluding hydrogens is 342 g/mol. The van der Waals surface area contributed by atoms with E-state index in [0.29, 0.717) is 12.1 Å². The van der Waals surface area contributed by atoms with Crippen molar-refractivity contribution >= 4 is 35.0 Å². The van der Waals surface area contributed by atoms with Crippen LogP contribution in [0.5, 0.6) is 0 Å². The molecule has 1 aromatic heterocycles. The van der Waals surface area contributed by atoms with Crippen molar-refractivity contribution in [1.29, 1.82) is 0 Å². The highest BCUT2D eigenvalue weighted by atomic mass is 32.2. The van der Waals surface area contributed by atoms with E-state index in [-0.39, 0.29) is 12.5 Å². The molecule has 4 nitrogen and oxygen atoms in total. The second kappa shape index (κ2) is 9.49. The Morgan fingerprint density at radius 1 is 1.21 bits per heavy atom. The topological polar surface area (TPSA) is 55.4 Å². The summed E-state index contributed by atoms with van der Waals surface area (Å²) in [4.78, 5) is 25.0. The molecule has 2 aromatic rings. The highest BCUT2D eigenvalue weighted by Crippen LogP contribution is 2.16. The third kappa shape index (κ3) is 6.37. The van der Waals surface area contributed by atoms with E-state index in [0.717, 1.165) is 22.6 Å². The van der Waals surface area contributed by atoms with Crippen LogP contribution in [-0.4, -0.2) is 30.8 Å². The van der Waals surface area contributed by atoms with Gasteiger partial charge in [0.15, 0.2) is 6.61 Å². The van der Waals surface area contributed by atoms with E-state index in [1.807, 2.05) is 26.0 Å². The third-order valence-corrected chi connectivity index (χ3v) is 5.25. The van der Waals surface area contributed by atoms with Gasteiger partial charge in [0.2, 0.25) is 0 Å². The number of thiophene rings is 1. The SMILES string of the molecule is Cc1cc(C)cc(C(=O)OCC(=O)NCCSCc2cccs2)c1. The molecule has 1 aromatic carbocycles. The maximum absolute atomic E-state index is 12.0. The Balaban J connectivity index is 1.62. The number of amides is 1. The largest absolute Gasteiger partial charge is 0.452 e. The number of hydrogen-bond acceptors (Lipinski definition) is 5. The average Bonchev–Trinajstić information content (AvgIpc) is 3.04. The molecular formula is C18H21NO3S2. The first-order valence-electron chi connectivity index (χ1n) is 7.67. The Kier molecular flexibility index (Phi) is 7.34. The Bertz CT molecular complexity index is 663. The van der Waals surface area contributed by atoms with Crippen molar-refractivity contribution in [3.05, 3.63) is 57.3 Å². The van der Waals surface area contributed by atoms with Gasteiger partial charge >= 0.3 is 5.97 Å². The predicted octanol–water partition coefficient (Wildman–Crippen LogP) is 3.57. The van der Waals surface area contributed by atoms with Gasteiger partial charge in [-0.3, -0.25) is 4.79 Å². The van der Waals surface area contributed by atoms with E-state index in [2.05, 4.69) is 16.8 Å². The van der Waals surface area contributed by atoms with Gasteiger partial charge < -0.3 is 10.1 Å². The summed E-state index contributed by atoms with van der Waals surface area (Å²) in [5.41, 5.74) is 2.47. The fraction of sp³-hybridized carbons (Fsp3) is 0.333. The number of esters is 1. The van der Waals surface area contributed by atoms with Crippen LogP contribution in [0.15, 0.2) is 35.7 Å². The fourth-order valence-corrected chi connectivity index (χ4v) is 3.89. The van der Waals surface area contributed by atoms with Crippen molar-refractivity contribution in [2.75, 3.05) is 18.9 Å². The molecule has 1 amide bonds. The third-order valence-electron chi connectivity index (χ3n) is 3.18. The highest BCUT2D eigenvalue weighted by Gasteiger charge is 2.10. The lowest BCUT2D eigenvalue weighted by Crippen LogP contribution is -2.30. The Labute approximate surface area is 150 Å². The lowest BCUT2D eigenvalue weighted by molar-refractivity contribution is -0.124. The van der Waals surface area contributed by atoms with E-state index in [1.165, 1.54) is 4.88 Å². The maximum atomic E-state index is 12.0. The molecule has 24 heavy (non-hydrogen) atoms. The standard InChI is InChI=1S/C18H21NO3S2/c1-13-8-14(2)10-15(9-13)18(21)22-11-17(20)19-5-7-23-12-16-4-3-6-24-16/h3-4,6,8-10H,5,7,11-12H2,1-2H3,(H,19,20). The van der Waals surface area contributed by atoms with E-state index in [4.69, 9.17) is 4.74 Å². The second-order valence-electron chi connectivity index (χ2n) is 5.43. The Hall–Kier alpha value is -1.79. The van der Waals surface area contributed by atoms with Crippen LogP contribution >= 0.6 is 23.1 Å². The predicted molar refractivity (Wildman–Crippen MR) is 99.7 cm³/mol. The van der Waals surface area contributed by atoms with Gasteiger partial charge in [-0.25, -0.2) is 4.79 Å². The van der Waals surface area contributed by atoms with Crippen molar-refractivity contribution in [3.63, 3.8) is 0 Å². The van der Waals surface area contributed by atoms with Crippen LogP contribution in [0.25, 0.3) is 0 Å². The molecule has 0 aliphatic heterocycles.